The van der Waals surface area contributed by atoms with Crippen LogP contribution in [0.3, 0.4) is 0 Å². The van der Waals surface area contributed by atoms with E-state index < -0.39 is 5.79 Å². The van der Waals surface area contributed by atoms with Gasteiger partial charge in [0, 0.05) is 7.11 Å². The number of methoxy groups -OCH3 is 1. The Morgan fingerprint density at radius 2 is 2.00 bits per heavy atom. The van der Waals surface area contributed by atoms with Gasteiger partial charge in [0.25, 0.3) is 0 Å². The van der Waals surface area contributed by atoms with Gasteiger partial charge in [0.05, 0.1) is 6.10 Å². The van der Waals surface area contributed by atoms with Crippen molar-refractivity contribution < 1.29 is 9.47 Å². The van der Waals surface area contributed by atoms with Gasteiger partial charge < -0.3 is 9.47 Å². The number of allylic oxidation sites excluding steroid dienone is 3. The van der Waals surface area contributed by atoms with E-state index >= 15 is 0 Å². The van der Waals surface area contributed by atoms with E-state index in [1.807, 2.05) is 13.8 Å². The molecule has 0 aromatic rings. The lowest BCUT2D eigenvalue weighted by Gasteiger charge is -2.40. The molecule has 1 unspecified atom stereocenters. The van der Waals surface area contributed by atoms with Gasteiger partial charge >= 0.3 is 0 Å². The molecule has 0 N–H and O–H groups in total. The van der Waals surface area contributed by atoms with Crippen LogP contribution in [-0.4, -0.2) is 19.0 Å². The van der Waals surface area contributed by atoms with Crippen molar-refractivity contribution in [3.8, 4) is 0 Å². The molecule has 0 spiro atoms. The van der Waals surface area contributed by atoms with E-state index in [0.717, 1.165) is 19.3 Å². The molecular weight excluding hydrogens is 236 g/mol. The van der Waals surface area contributed by atoms with Crippen LogP contribution in [0.5, 0.6) is 0 Å². The Labute approximate surface area is 118 Å². The highest BCUT2D eigenvalue weighted by Crippen LogP contribution is 2.42. The minimum Gasteiger partial charge on any atom is -0.354 e. The minimum absolute atomic E-state index is 0.166. The smallest absolute Gasteiger partial charge is 0.163 e. The normalized spacial score (nSPS) is 24.3. The predicted molar refractivity (Wildman–Crippen MR) is 81.1 cm³/mol. The van der Waals surface area contributed by atoms with Crippen LogP contribution in [0.15, 0.2) is 23.3 Å². The molecule has 1 rings (SSSR count). The highest BCUT2D eigenvalue weighted by atomic mass is 16.7. The summed E-state index contributed by atoms with van der Waals surface area (Å²) in [5, 5.41) is 0. The van der Waals surface area contributed by atoms with Crippen LogP contribution in [0.1, 0.15) is 60.8 Å². The first-order valence-corrected chi connectivity index (χ1v) is 7.34. The Balaban J connectivity index is 3.01. The summed E-state index contributed by atoms with van der Waals surface area (Å²) in [5.74, 6) is -0.521. The first-order valence-electron chi connectivity index (χ1n) is 7.34. The summed E-state index contributed by atoms with van der Waals surface area (Å²) in [6, 6.07) is 0. The molecule has 0 radical (unpaired) electrons. The summed E-state index contributed by atoms with van der Waals surface area (Å²) in [7, 11) is 1.70. The number of hydrogen-bond donors (Lipinski definition) is 0. The van der Waals surface area contributed by atoms with Gasteiger partial charge in [-0.2, -0.15) is 0 Å². The maximum Gasteiger partial charge on any atom is 0.163 e. The van der Waals surface area contributed by atoms with Crippen molar-refractivity contribution in [2.45, 2.75) is 72.7 Å². The molecule has 110 valence electrons. The van der Waals surface area contributed by atoms with E-state index in [2.05, 4.69) is 39.8 Å². The number of hydrogen-bond acceptors (Lipinski definition) is 2. The molecule has 0 heterocycles. The molecule has 0 fully saturated rings. The topological polar surface area (TPSA) is 18.5 Å². The highest BCUT2D eigenvalue weighted by molar-refractivity contribution is 5.35. The standard InChI is InChI=1S/C17H30O2/c1-8-9-10-14-13(2)15(11-12-16(14,3)4)19-17(5,6)18-7/h9-10,15H,8,11-12H2,1-7H3. The fourth-order valence-corrected chi connectivity index (χ4v) is 2.68. The zero-order chi connectivity index (χ0) is 14.7. The first-order chi connectivity index (χ1) is 8.73. The van der Waals surface area contributed by atoms with Crippen molar-refractivity contribution in [2.24, 2.45) is 5.41 Å². The zero-order valence-electron chi connectivity index (χ0n) is 13.7. The summed E-state index contributed by atoms with van der Waals surface area (Å²) in [5.41, 5.74) is 3.02. The third-order valence-corrected chi connectivity index (χ3v) is 4.11. The molecule has 1 aliphatic rings. The Kier molecular flexibility index (Phi) is 5.40. The van der Waals surface area contributed by atoms with Gasteiger partial charge in [-0.1, -0.05) is 32.9 Å². The Morgan fingerprint density at radius 1 is 1.37 bits per heavy atom. The summed E-state index contributed by atoms with van der Waals surface area (Å²) >= 11 is 0. The van der Waals surface area contributed by atoms with E-state index in [4.69, 9.17) is 9.47 Å². The van der Waals surface area contributed by atoms with Crippen molar-refractivity contribution in [2.75, 3.05) is 7.11 Å². The Hall–Kier alpha value is -0.600. The molecule has 0 bridgehead atoms. The second-order valence-corrected chi connectivity index (χ2v) is 6.54. The van der Waals surface area contributed by atoms with Crippen molar-refractivity contribution in [3.63, 3.8) is 0 Å². The third-order valence-electron chi connectivity index (χ3n) is 4.11. The van der Waals surface area contributed by atoms with Gasteiger partial charge in [0.15, 0.2) is 5.79 Å². The molecule has 1 atom stereocenters. The monoisotopic (exact) mass is 266 g/mol. The third kappa shape index (κ3) is 4.19. The molecular formula is C17H30O2. The van der Waals surface area contributed by atoms with E-state index in [-0.39, 0.29) is 11.5 Å². The Bertz CT molecular complexity index is 361. The average Bonchev–Trinajstić information content (AvgIpc) is 2.33. The molecule has 0 amide bonds. The molecule has 2 nitrogen and oxygen atoms in total. The highest BCUT2D eigenvalue weighted by Gasteiger charge is 2.34. The van der Waals surface area contributed by atoms with E-state index in [1.54, 1.807) is 7.11 Å². The lowest BCUT2D eigenvalue weighted by molar-refractivity contribution is -0.218. The van der Waals surface area contributed by atoms with Crippen LogP contribution in [0, 0.1) is 5.41 Å². The maximum absolute atomic E-state index is 6.13. The van der Waals surface area contributed by atoms with Crippen LogP contribution in [0.25, 0.3) is 0 Å². The molecule has 0 saturated heterocycles. The molecule has 2 heteroatoms. The van der Waals surface area contributed by atoms with Gasteiger partial charge in [-0.15, -0.1) is 0 Å². The molecule has 0 aromatic heterocycles. The molecule has 0 aromatic carbocycles. The van der Waals surface area contributed by atoms with Crippen molar-refractivity contribution in [1.29, 1.82) is 0 Å². The fourth-order valence-electron chi connectivity index (χ4n) is 2.68. The van der Waals surface area contributed by atoms with Crippen molar-refractivity contribution >= 4 is 0 Å². The quantitative estimate of drug-likeness (QED) is 0.662. The number of ether oxygens (including phenoxy) is 2. The zero-order valence-corrected chi connectivity index (χ0v) is 13.7. The summed E-state index contributed by atoms with van der Waals surface area (Å²) in [4.78, 5) is 0. The molecule has 0 saturated carbocycles. The molecule has 1 aliphatic carbocycles. The summed E-state index contributed by atoms with van der Waals surface area (Å²) in [6.45, 7) is 13.0. The van der Waals surface area contributed by atoms with Crippen LogP contribution in [-0.2, 0) is 9.47 Å². The summed E-state index contributed by atoms with van der Waals surface area (Å²) in [6.07, 6.45) is 7.98. The lowest BCUT2D eigenvalue weighted by atomic mass is 9.71. The summed E-state index contributed by atoms with van der Waals surface area (Å²) < 4.78 is 11.5. The van der Waals surface area contributed by atoms with Gasteiger partial charge in [-0.05, 0) is 56.6 Å². The van der Waals surface area contributed by atoms with Gasteiger partial charge in [0.2, 0.25) is 0 Å². The SMILES string of the molecule is CCC=CC1=C(C)C(OC(C)(C)OC)CCC1(C)C. The van der Waals surface area contributed by atoms with E-state index in [1.165, 1.54) is 11.1 Å². The largest absolute Gasteiger partial charge is 0.354 e. The number of rotatable bonds is 5. The molecule has 0 aliphatic heterocycles. The van der Waals surface area contributed by atoms with Gasteiger partial charge in [0.1, 0.15) is 0 Å². The second-order valence-electron chi connectivity index (χ2n) is 6.54. The predicted octanol–water partition coefficient (Wildman–Crippen LogP) is 4.86. The van der Waals surface area contributed by atoms with Crippen molar-refractivity contribution in [1.82, 2.24) is 0 Å². The van der Waals surface area contributed by atoms with E-state index in [0.29, 0.717) is 0 Å². The molecule has 19 heavy (non-hydrogen) atoms. The Morgan fingerprint density at radius 3 is 2.53 bits per heavy atom. The van der Waals surface area contributed by atoms with Crippen LogP contribution < -0.4 is 0 Å². The average molecular weight is 266 g/mol. The minimum atomic E-state index is -0.521. The van der Waals surface area contributed by atoms with E-state index in [9.17, 15) is 0 Å². The lowest BCUT2D eigenvalue weighted by Crippen LogP contribution is -2.37. The second kappa shape index (κ2) is 6.23. The fraction of sp³-hybridized carbons (Fsp3) is 0.765. The van der Waals surface area contributed by atoms with Crippen LogP contribution in [0.2, 0.25) is 0 Å². The first kappa shape index (κ1) is 16.5. The van der Waals surface area contributed by atoms with Crippen LogP contribution >= 0.6 is 0 Å². The van der Waals surface area contributed by atoms with Gasteiger partial charge in [-0.3, -0.25) is 0 Å². The van der Waals surface area contributed by atoms with Gasteiger partial charge in [-0.25, -0.2) is 0 Å². The maximum atomic E-state index is 6.13. The van der Waals surface area contributed by atoms with Crippen molar-refractivity contribution in [3.05, 3.63) is 23.3 Å². The van der Waals surface area contributed by atoms with Crippen LogP contribution in [0.4, 0.5) is 0 Å².